The zero-order chi connectivity index (χ0) is 31.3. The van der Waals surface area contributed by atoms with E-state index in [0.29, 0.717) is 25.1 Å². The Bertz CT molecular complexity index is 1420. The number of ether oxygens (including phenoxy) is 2. The molecule has 6 rings (SSSR count). The summed E-state index contributed by atoms with van der Waals surface area (Å²) in [6.45, 7) is 6.87. The lowest BCUT2D eigenvalue weighted by Gasteiger charge is -2.44. The van der Waals surface area contributed by atoms with Crippen molar-refractivity contribution in [2.45, 2.75) is 108 Å². The van der Waals surface area contributed by atoms with Gasteiger partial charge < -0.3 is 24.6 Å². The summed E-state index contributed by atoms with van der Waals surface area (Å²) in [4.78, 5) is 47.6. The second kappa shape index (κ2) is 11.3. The van der Waals surface area contributed by atoms with Crippen LogP contribution in [-0.2, 0) is 9.53 Å². The molecule has 4 heterocycles. The van der Waals surface area contributed by atoms with Crippen LogP contribution >= 0.6 is 0 Å². The Morgan fingerprint density at radius 2 is 1.77 bits per heavy atom. The predicted molar refractivity (Wildman–Crippen MR) is 159 cm³/mol. The second-order valence-electron chi connectivity index (χ2n) is 14.0. The van der Waals surface area contributed by atoms with Gasteiger partial charge in [0.25, 0.3) is 5.91 Å². The van der Waals surface area contributed by atoms with Gasteiger partial charge in [0.1, 0.15) is 11.3 Å². The van der Waals surface area contributed by atoms with Crippen LogP contribution in [0.2, 0.25) is 0 Å². The quantitative estimate of drug-likeness (QED) is 0.496. The molecule has 2 aliphatic heterocycles. The van der Waals surface area contributed by atoms with Crippen LogP contribution in [0.1, 0.15) is 95.5 Å². The van der Waals surface area contributed by atoms with E-state index in [1.807, 2.05) is 30.6 Å². The molecule has 0 radical (unpaired) electrons. The number of halogens is 1. The third-order valence-electron chi connectivity index (χ3n) is 9.94. The fourth-order valence-corrected chi connectivity index (χ4v) is 7.47. The van der Waals surface area contributed by atoms with Gasteiger partial charge in [-0.15, -0.1) is 0 Å². The highest BCUT2D eigenvalue weighted by molar-refractivity contribution is 5.94. The van der Waals surface area contributed by atoms with Crippen LogP contribution in [0, 0.1) is 11.7 Å². The number of methoxy groups -OCH3 is 1. The molecule has 0 unspecified atom stereocenters. The van der Waals surface area contributed by atoms with E-state index in [9.17, 15) is 18.8 Å². The Morgan fingerprint density at radius 3 is 2.45 bits per heavy atom. The summed E-state index contributed by atoms with van der Waals surface area (Å²) in [5, 5.41) is 10.3. The van der Waals surface area contributed by atoms with Crippen LogP contribution in [-0.4, -0.2) is 85.8 Å². The Hall–Kier alpha value is -3.70. The van der Waals surface area contributed by atoms with Gasteiger partial charge in [-0.1, -0.05) is 0 Å². The van der Waals surface area contributed by atoms with Crippen LogP contribution in [0.25, 0.3) is 11.3 Å². The van der Waals surface area contributed by atoms with E-state index >= 15 is 0 Å². The third kappa shape index (κ3) is 5.87. The number of aromatic nitrogens is 3. The fourth-order valence-electron chi connectivity index (χ4n) is 7.47. The molecule has 0 bridgehead atoms. The lowest BCUT2D eigenvalue weighted by atomic mass is 9.77. The number of H-pyrrole nitrogens is 1. The summed E-state index contributed by atoms with van der Waals surface area (Å²) < 4.78 is 25.2. The molecule has 238 valence electrons. The van der Waals surface area contributed by atoms with Gasteiger partial charge in [-0.3, -0.25) is 14.7 Å². The fraction of sp³-hybridized carbons (Fsp3) is 0.656. The summed E-state index contributed by atoms with van der Waals surface area (Å²) in [6, 6.07) is 3.09. The number of amides is 3. The van der Waals surface area contributed by atoms with Crippen LogP contribution in [0.5, 0.6) is 5.88 Å². The van der Waals surface area contributed by atoms with E-state index in [2.05, 4.69) is 20.5 Å². The Kier molecular flexibility index (Phi) is 7.82. The van der Waals surface area contributed by atoms with E-state index in [0.717, 1.165) is 64.1 Å². The topological polar surface area (TPSA) is 130 Å². The number of nitrogens with one attached hydrogen (secondary N) is 2. The number of piperidine rings is 1. The standard InChI is InChI=1S/C32H43FN6O5/c1-30(2,3)44-29(42)39-14-5-9-31(39)10-6-21(7-11-31)35-27(40)20-8-15-38(32(18-20)12-13-32)28(41)25-17-24(36-37-25)22-16-26(43-4)34-19-23(22)33/h16-17,19-21H,5-15,18H2,1-4H3,(H,35,40)(H,36,37)/t20-,21?,31?/m0/s1. The maximum atomic E-state index is 14.4. The molecule has 44 heavy (non-hydrogen) atoms. The van der Waals surface area contributed by atoms with E-state index in [4.69, 9.17) is 9.47 Å². The minimum atomic E-state index is -0.557. The smallest absolute Gasteiger partial charge is 0.410 e. The Balaban J connectivity index is 1.04. The van der Waals surface area contributed by atoms with Gasteiger partial charge in [0.15, 0.2) is 5.82 Å². The highest BCUT2D eigenvalue weighted by Gasteiger charge is 2.55. The summed E-state index contributed by atoms with van der Waals surface area (Å²) in [5.74, 6) is -0.587. The van der Waals surface area contributed by atoms with Gasteiger partial charge in [-0.05, 0) is 91.0 Å². The van der Waals surface area contributed by atoms with Crippen LogP contribution in [0.4, 0.5) is 9.18 Å². The van der Waals surface area contributed by atoms with Crippen LogP contribution < -0.4 is 10.1 Å². The Labute approximate surface area is 257 Å². The highest BCUT2D eigenvalue weighted by atomic mass is 19.1. The molecular formula is C32H43FN6O5. The molecule has 2 saturated heterocycles. The summed E-state index contributed by atoms with van der Waals surface area (Å²) in [5.41, 5.74) is -0.250. The molecule has 12 heteroatoms. The van der Waals surface area contributed by atoms with Gasteiger partial charge in [0.2, 0.25) is 11.8 Å². The lowest BCUT2D eigenvalue weighted by Crippen LogP contribution is -2.54. The van der Waals surface area contributed by atoms with Crippen molar-refractivity contribution in [3.8, 4) is 17.1 Å². The van der Waals surface area contributed by atoms with Crippen molar-refractivity contribution in [1.29, 1.82) is 0 Å². The molecule has 2 aromatic rings. The SMILES string of the molecule is COc1cc(-c2cc(C(=O)N3CC[C@H](C(=O)NC4CCC5(CCCN5C(=O)OC(C)(C)C)CC4)CC34CC4)[nH]n2)c(F)cn1. The molecule has 11 nitrogen and oxygen atoms in total. The first-order chi connectivity index (χ1) is 20.9. The number of rotatable bonds is 5. The number of hydrogen-bond acceptors (Lipinski definition) is 7. The molecule has 2 N–H and O–H groups in total. The Morgan fingerprint density at radius 1 is 1.02 bits per heavy atom. The minimum Gasteiger partial charge on any atom is -0.481 e. The largest absolute Gasteiger partial charge is 0.481 e. The molecular weight excluding hydrogens is 567 g/mol. The van der Waals surface area contributed by atoms with Gasteiger partial charge in [0, 0.05) is 47.8 Å². The molecule has 2 spiro atoms. The predicted octanol–water partition coefficient (Wildman–Crippen LogP) is 4.83. The number of aromatic amines is 1. The first kappa shape index (κ1) is 30.3. The molecule has 1 atom stereocenters. The molecule has 4 aliphatic rings. The number of carbonyl (C=O) groups excluding carboxylic acids is 3. The van der Waals surface area contributed by atoms with E-state index < -0.39 is 11.4 Å². The maximum absolute atomic E-state index is 14.4. The lowest BCUT2D eigenvalue weighted by molar-refractivity contribution is -0.128. The van der Waals surface area contributed by atoms with E-state index in [1.165, 1.54) is 13.2 Å². The van der Waals surface area contributed by atoms with E-state index in [1.54, 1.807) is 6.07 Å². The number of likely N-dealkylation sites (tertiary alicyclic amines) is 2. The average Bonchev–Trinajstić information content (AvgIpc) is 3.38. The van der Waals surface area contributed by atoms with E-state index in [-0.39, 0.29) is 58.1 Å². The van der Waals surface area contributed by atoms with Crippen molar-refractivity contribution in [3.63, 3.8) is 0 Å². The van der Waals surface area contributed by atoms with Gasteiger partial charge in [0.05, 0.1) is 19.0 Å². The van der Waals surface area contributed by atoms with Crippen molar-refractivity contribution in [2.24, 2.45) is 5.92 Å². The molecule has 2 aliphatic carbocycles. The summed E-state index contributed by atoms with van der Waals surface area (Å²) in [6.07, 6.45) is 9.09. The number of hydrogen-bond donors (Lipinski definition) is 2. The van der Waals surface area contributed by atoms with Crippen molar-refractivity contribution in [1.82, 2.24) is 30.3 Å². The molecule has 3 amide bonds. The molecule has 2 saturated carbocycles. The monoisotopic (exact) mass is 610 g/mol. The normalized spacial score (nSPS) is 26.1. The minimum absolute atomic E-state index is 0.0608. The van der Waals surface area contributed by atoms with Crippen LogP contribution in [0.15, 0.2) is 18.3 Å². The number of carbonyl (C=O) groups is 3. The molecule has 4 fully saturated rings. The van der Waals surface area contributed by atoms with Gasteiger partial charge in [-0.25, -0.2) is 14.2 Å². The third-order valence-corrected chi connectivity index (χ3v) is 9.94. The first-order valence-corrected chi connectivity index (χ1v) is 15.8. The first-order valence-electron chi connectivity index (χ1n) is 15.8. The van der Waals surface area contributed by atoms with Gasteiger partial charge >= 0.3 is 6.09 Å². The van der Waals surface area contributed by atoms with Crippen molar-refractivity contribution in [3.05, 3.63) is 29.8 Å². The van der Waals surface area contributed by atoms with Crippen molar-refractivity contribution < 1.29 is 28.2 Å². The second-order valence-corrected chi connectivity index (χ2v) is 14.0. The number of pyridine rings is 1. The number of nitrogens with zero attached hydrogens (tertiary/aromatic N) is 4. The summed E-state index contributed by atoms with van der Waals surface area (Å²) in [7, 11) is 1.45. The zero-order valence-electron chi connectivity index (χ0n) is 26.1. The summed E-state index contributed by atoms with van der Waals surface area (Å²) >= 11 is 0. The highest BCUT2D eigenvalue weighted by Crippen LogP contribution is 2.51. The van der Waals surface area contributed by atoms with Gasteiger partial charge in [-0.2, -0.15) is 5.10 Å². The van der Waals surface area contributed by atoms with Crippen molar-refractivity contribution >= 4 is 17.9 Å². The zero-order valence-corrected chi connectivity index (χ0v) is 26.1. The molecule has 0 aromatic carbocycles. The average molecular weight is 611 g/mol. The molecule has 2 aromatic heterocycles. The van der Waals surface area contributed by atoms with Crippen LogP contribution in [0.3, 0.4) is 0 Å². The van der Waals surface area contributed by atoms with Crippen molar-refractivity contribution in [2.75, 3.05) is 20.2 Å². The maximum Gasteiger partial charge on any atom is 0.410 e.